The smallest absolute Gasteiger partial charge is 0.379 e. The molecule has 0 amide bonds. The molecule has 0 aliphatic heterocycles. The van der Waals surface area contributed by atoms with Crippen LogP contribution in [0.5, 0.6) is 0 Å². The number of halogens is 3. The number of benzene rings is 2. The van der Waals surface area contributed by atoms with Gasteiger partial charge >= 0.3 is 6.18 Å². The van der Waals surface area contributed by atoms with Crippen LogP contribution in [0.15, 0.2) is 60.8 Å². The van der Waals surface area contributed by atoms with Gasteiger partial charge in [-0.2, -0.15) is 13.2 Å². The highest BCUT2D eigenvalue weighted by molar-refractivity contribution is 5.78. The molecular formula is C19H16F3NO. The van der Waals surface area contributed by atoms with Crippen molar-refractivity contribution in [3.8, 4) is 22.4 Å². The fourth-order valence-electron chi connectivity index (χ4n) is 2.83. The van der Waals surface area contributed by atoms with Crippen LogP contribution >= 0.6 is 0 Å². The molecule has 0 fully saturated rings. The normalized spacial score (nSPS) is 13.0. The number of hydrogen-bond acceptors (Lipinski definition) is 1. The lowest BCUT2D eigenvalue weighted by molar-refractivity contribution is -0.206. The van der Waals surface area contributed by atoms with Gasteiger partial charge in [0.05, 0.1) is 0 Å². The van der Waals surface area contributed by atoms with E-state index in [-0.39, 0.29) is 5.56 Å². The van der Waals surface area contributed by atoms with E-state index in [1.165, 1.54) is 12.1 Å². The van der Waals surface area contributed by atoms with Crippen molar-refractivity contribution in [1.29, 1.82) is 0 Å². The van der Waals surface area contributed by atoms with Crippen molar-refractivity contribution >= 4 is 0 Å². The second-order valence-electron chi connectivity index (χ2n) is 5.60. The first-order valence-electron chi connectivity index (χ1n) is 7.47. The van der Waals surface area contributed by atoms with Gasteiger partial charge in [-0.3, -0.25) is 0 Å². The van der Waals surface area contributed by atoms with Gasteiger partial charge in [0.2, 0.25) is 0 Å². The number of aromatic nitrogens is 1. The van der Waals surface area contributed by atoms with Crippen LogP contribution in [0, 0.1) is 6.92 Å². The molecule has 0 aliphatic carbocycles. The van der Waals surface area contributed by atoms with Gasteiger partial charge in [0, 0.05) is 23.0 Å². The summed E-state index contributed by atoms with van der Waals surface area (Å²) in [4.78, 5) is 3.06. The van der Waals surface area contributed by atoms with Crippen molar-refractivity contribution in [1.82, 2.24) is 4.98 Å². The molecule has 0 saturated heterocycles. The zero-order valence-corrected chi connectivity index (χ0v) is 12.9. The molecule has 2 nitrogen and oxygen atoms in total. The summed E-state index contributed by atoms with van der Waals surface area (Å²) in [5.41, 5.74) is 3.50. The zero-order valence-electron chi connectivity index (χ0n) is 12.9. The molecule has 1 aromatic heterocycles. The van der Waals surface area contributed by atoms with Crippen molar-refractivity contribution in [3.63, 3.8) is 0 Å². The van der Waals surface area contributed by atoms with Crippen molar-refractivity contribution in [3.05, 3.63) is 71.9 Å². The summed E-state index contributed by atoms with van der Waals surface area (Å²) in [7, 11) is 0. The van der Waals surface area contributed by atoms with Gasteiger partial charge in [-0.15, -0.1) is 0 Å². The topological polar surface area (TPSA) is 36.0 Å². The summed E-state index contributed by atoms with van der Waals surface area (Å²) in [5.74, 6) is 0. The number of alkyl halides is 3. The van der Waals surface area contributed by atoms with E-state index in [4.69, 9.17) is 0 Å². The molecule has 2 aromatic carbocycles. The van der Waals surface area contributed by atoms with E-state index in [0.717, 1.165) is 16.7 Å². The molecule has 0 bridgehead atoms. The Morgan fingerprint density at radius 1 is 0.917 bits per heavy atom. The molecule has 3 rings (SSSR count). The lowest BCUT2D eigenvalue weighted by Gasteiger charge is -2.18. The summed E-state index contributed by atoms with van der Waals surface area (Å²) in [5, 5.41) is 9.68. The van der Waals surface area contributed by atoms with E-state index in [9.17, 15) is 18.3 Å². The highest BCUT2D eigenvalue weighted by Crippen LogP contribution is 2.39. The predicted octanol–water partition coefficient (Wildman–Crippen LogP) is 5.25. The second kappa shape index (κ2) is 6.17. The average molecular weight is 331 g/mol. The Labute approximate surface area is 137 Å². The third kappa shape index (κ3) is 2.95. The quantitative estimate of drug-likeness (QED) is 0.675. The van der Waals surface area contributed by atoms with E-state index >= 15 is 0 Å². The molecule has 0 aliphatic rings. The van der Waals surface area contributed by atoms with Crippen LogP contribution in [0.25, 0.3) is 22.4 Å². The van der Waals surface area contributed by atoms with Gasteiger partial charge < -0.3 is 10.1 Å². The summed E-state index contributed by atoms with van der Waals surface area (Å²) in [6, 6.07) is 15.6. The minimum atomic E-state index is -4.71. The third-order valence-corrected chi connectivity index (χ3v) is 4.06. The highest BCUT2D eigenvalue weighted by atomic mass is 19.4. The Balaban J connectivity index is 2.10. The van der Waals surface area contributed by atoms with Crippen molar-refractivity contribution in [2.24, 2.45) is 0 Å². The fourth-order valence-corrected chi connectivity index (χ4v) is 2.83. The number of hydrogen-bond donors (Lipinski definition) is 2. The largest absolute Gasteiger partial charge is 0.418 e. The SMILES string of the molecule is Cc1c(-c2ccccc2)c[nH]c1-c1ccccc1C(O)C(F)(F)F. The molecule has 0 saturated carbocycles. The molecule has 1 atom stereocenters. The van der Waals surface area contributed by atoms with Gasteiger partial charge in [0.25, 0.3) is 0 Å². The Kier molecular flexibility index (Phi) is 4.20. The molecule has 0 spiro atoms. The number of aromatic amines is 1. The molecular weight excluding hydrogens is 315 g/mol. The maximum absolute atomic E-state index is 12.9. The molecule has 2 N–H and O–H groups in total. The number of rotatable bonds is 3. The first kappa shape index (κ1) is 16.3. The van der Waals surface area contributed by atoms with Crippen LogP contribution < -0.4 is 0 Å². The minimum absolute atomic E-state index is 0.158. The molecule has 5 heteroatoms. The standard InChI is InChI=1S/C19H16F3NO/c1-12-16(13-7-3-2-4-8-13)11-23-17(12)14-9-5-6-10-15(14)18(24)19(20,21)22/h2-11,18,23-24H,1H3. The van der Waals surface area contributed by atoms with Crippen LogP contribution in [-0.2, 0) is 0 Å². The summed E-state index contributed by atoms with van der Waals surface area (Å²) in [6.07, 6.45) is -5.45. The lowest BCUT2D eigenvalue weighted by atomic mass is 9.95. The number of aliphatic hydroxyl groups excluding tert-OH is 1. The maximum atomic E-state index is 12.9. The third-order valence-electron chi connectivity index (χ3n) is 4.06. The highest BCUT2D eigenvalue weighted by Gasteiger charge is 2.40. The number of aliphatic hydroxyl groups is 1. The number of H-pyrrole nitrogens is 1. The number of nitrogens with one attached hydrogen (secondary N) is 1. The minimum Gasteiger partial charge on any atom is -0.379 e. The zero-order chi connectivity index (χ0) is 17.3. The fraction of sp³-hybridized carbons (Fsp3) is 0.158. The second-order valence-corrected chi connectivity index (χ2v) is 5.60. The van der Waals surface area contributed by atoms with Crippen LogP contribution in [-0.4, -0.2) is 16.3 Å². The van der Waals surface area contributed by atoms with Gasteiger partial charge in [0.15, 0.2) is 6.10 Å². The Morgan fingerprint density at radius 3 is 2.21 bits per heavy atom. The summed E-state index contributed by atoms with van der Waals surface area (Å²) in [6.45, 7) is 1.85. The van der Waals surface area contributed by atoms with E-state index in [2.05, 4.69) is 4.98 Å². The van der Waals surface area contributed by atoms with Gasteiger partial charge in [-0.05, 0) is 23.6 Å². The Hall–Kier alpha value is -2.53. The van der Waals surface area contributed by atoms with E-state index in [1.54, 1.807) is 18.3 Å². The van der Waals surface area contributed by atoms with Crippen molar-refractivity contribution < 1.29 is 18.3 Å². The van der Waals surface area contributed by atoms with Crippen LogP contribution in [0.1, 0.15) is 17.2 Å². The molecule has 24 heavy (non-hydrogen) atoms. The first-order chi connectivity index (χ1) is 11.4. The van der Waals surface area contributed by atoms with Crippen molar-refractivity contribution in [2.45, 2.75) is 19.2 Å². The lowest BCUT2D eigenvalue weighted by Crippen LogP contribution is -2.20. The van der Waals surface area contributed by atoms with Crippen LogP contribution in [0.3, 0.4) is 0 Å². The molecule has 0 radical (unpaired) electrons. The predicted molar refractivity (Wildman–Crippen MR) is 87.4 cm³/mol. The molecule has 1 unspecified atom stereocenters. The maximum Gasteiger partial charge on any atom is 0.418 e. The Morgan fingerprint density at radius 2 is 1.54 bits per heavy atom. The Bertz CT molecular complexity index is 837. The monoisotopic (exact) mass is 331 g/mol. The van der Waals surface area contributed by atoms with E-state index < -0.39 is 12.3 Å². The van der Waals surface area contributed by atoms with Crippen LogP contribution in [0.2, 0.25) is 0 Å². The van der Waals surface area contributed by atoms with Gasteiger partial charge in [0.1, 0.15) is 0 Å². The first-order valence-corrected chi connectivity index (χ1v) is 7.47. The van der Waals surface area contributed by atoms with Crippen LogP contribution in [0.4, 0.5) is 13.2 Å². The summed E-state index contributed by atoms with van der Waals surface area (Å²) < 4.78 is 38.8. The molecule has 1 heterocycles. The van der Waals surface area contributed by atoms with Gasteiger partial charge in [-0.1, -0.05) is 54.6 Å². The summed E-state index contributed by atoms with van der Waals surface area (Å²) >= 11 is 0. The van der Waals surface area contributed by atoms with Crippen molar-refractivity contribution in [2.75, 3.05) is 0 Å². The molecule has 124 valence electrons. The van der Waals surface area contributed by atoms with E-state index in [0.29, 0.717) is 11.3 Å². The van der Waals surface area contributed by atoms with E-state index in [1.807, 2.05) is 37.3 Å². The van der Waals surface area contributed by atoms with Gasteiger partial charge in [-0.25, -0.2) is 0 Å². The average Bonchev–Trinajstić information content (AvgIpc) is 2.95. The molecule has 3 aromatic rings.